The first kappa shape index (κ1) is 21.1. The third kappa shape index (κ3) is 4.08. The molecule has 4 rings (SSSR count). The van der Waals surface area contributed by atoms with Gasteiger partial charge in [0.25, 0.3) is 11.8 Å². The number of amides is 2. The summed E-state index contributed by atoms with van der Waals surface area (Å²) in [4.78, 5) is 28.4. The molecule has 31 heavy (non-hydrogen) atoms. The van der Waals surface area contributed by atoms with Gasteiger partial charge in [0.05, 0.1) is 0 Å². The van der Waals surface area contributed by atoms with Gasteiger partial charge in [-0.05, 0) is 53.3 Å². The maximum absolute atomic E-state index is 13.6. The molecular weight excluding hydrogens is 408 g/mol. The van der Waals surface area contributed by atoms with E-state index in [1.165, 1.54) is 0 Å². The van der Waals surface area contributed by atoms with Gasteiger partial charge in [0.15, 0.2) is 0 Å². The average Bonchev–Trinajstić information content (AvgIpc) is 3.01. The van der Waals surface area contributed by atoms with Crippen LogP contribution in [0.2, 0.25) is 5.02 Å². The second kappa shape index (κ2) is 8.56. The summed E-state index contributed by atoms with van der Waals surface area (Å²) in [5.74, 6) is -0.101. The van der Waals surface area contributed by atoms with E-state index in [1.807, 2.05) is 61.5 Å². The molecule has 0 fully saturated rings. The molecule has 1 N–H and O–H groups in total. The van der Waals surface area contributed by atoms with Crippen LogP contribution < -0.4 is 5.32 Å². The zero-order valence-corrected chi connectivity index (χ0v) is 18.6. The Morgan fingerprint density at radius 2 is 1.81 bits per heavy atom. The monoisotopic (exact) mass is 432 g/mol. The number of para-hydroxylation sites is 1. The number of halogens is 1. The lowest BCUT2D eigenvalue weighted by Crippen LogP contribution is -2.35. The summed E-state index contributed by atoms with van der Waals surface area (Å²) in [6.07, 6.45) is 0. The summed E-state index contributed by atoms with van der Waals surface area (Å²) in [6, 6.07) is 20.0. The van der Waals surface area contributed by atoms with E-state index in [9.17, 15) is 9.59 Å². The molecule has 1 unspecified atom stereocenters. The van der Waals surface area contributed by atoms with Crippen molar-refractivity contribution in [3.05, 3.63) is 99.6 Å². The van der Waals surface area contributed by atoms with Gasteiger partial charge in [-0.25, -0.2) is 0 Å². The Morgan fingerprint density at radius 1 is 1.06 bits per heavy atom. The lowest BCUT2D eigenvalue weighted by Gasteiger charge is -2.26. The van der Waals surface area contributed by atoms with E-state index in [1.54, 1.807) is 17.0 Å². The number of nitrogens with zero attached hydrogens (tertiary/aromatic N) is 1. The third-order valence-corrected chi connectivity index (χ3v) is 5.96. The standard InChI is InChI=1S/C26H25ClN2O2/c1-16(2)20-13-6-8-17(3)23(20)28-25(30)24-21-11-4-5-12-22(21)26(31)29(24)15-18-9-7-10-19(27)14-18/h4-14,16,24H,15H2,1-3H3,(H,28,30). The zero-order valence-electron chi connectivity index (χ0n) is 17.9. The third-order valence-electron chi connectivity index (χ3n) is 5.72. The first-order valence-electron chi connectivity index (χ1n) is 10.4. The van der Waals surface area contributed by atoms with Gasteiger partial charge in [-0.2, -0.15) is 0 Å². The molecule has 1 aliphatic rings. The summed E-state index contributed by atoms with van der Waals surface area (Å²) in [6.45, 7) is 6.49. The van der Waals surface area contributed by atoms with Crippen molar-refractivity contribution in [2.24, 2.45) is 0 Å². The van der Waals surface area contributed by atoms with Crippen molar-refractivity contribution in [2.45, 2.75) is 39.3 Å². The van der Waals surface area contributed by atoms with Crippen LogP contribution in [0.15, 0.2) is 66.7 Å². The predicted octanol–water partition coefficient (Wildman–Crippen LogP) is 6.11. The minimum absolute atomic E-state index is 0.149. The lowest BCUT2D eigenvalue weighted by atomic mass is 9.97. The fourth-order valence-corrected chi connectivity index (χ4v) is 4.39. The summed E-state index contributed by atoms with van der Waals surface area (Å²) >= 11 is 6.14. The largest absolute Gasteiger partial charge is 0.323 e. The van der Waals surface area contributed by atoms with Gasteiger partial charge in [-0.1, -0.05) is 74.0 Å². The van der Waals surface area contributed by atoms with E-state index >= 15 is 0 Å². The van der Waals surface area contributed by atoms with Crippen LogP contribution >= 0.6 is 11.6 Å². The first-order chi connectivity index (χ1) is 14.9. The second-order valence-electron chi connectivity index (χ2n) is 8.24. The molecule has 2 amide bonds. The van der Waals surface area contributed by atoms with Crippen molar-refractivity contribution < 1.29 is 9.59 Å². The highest BCUT2D eigenvalue weighted by Crippen LogP contribution is 2.37. The molecule has 0 aromatic heterocycles. The number of rotatable bonds is 5. The normalized spacial score (nSPS) is 15.3. The molecule has 4 nitrogen and oxygen atoms in total. The minimum atomic E-state index is -0.706. The molecule has 5 heteroatoms. The molecule has 0 radical (unpaired) electrons. The molecule has 0 saturated carbocycles. The van der Waals surface area contributed by atoms with E-state index in [4.69, 9.17) is 11.6 Å². The Hall–Kier alpha value is -3.11. The van der Waals surface area contributed by atoms with Crippen LogP contribution in [0.4, 0.5) is 5.69 Å². The van der Waals surface area contributed by atoms with E-state index < -0.39 is 6.04 Å². The molecule has 3 aromatic rings. The first-order valence-corrected chi connectivity index (χ1v) is 10.8. The number of anilines is 1. The summed E-state index contributed by atoms with van der Waals surface area (Å²) in [5, 5.41) is 3.73. The summed E-state index contributed by atoms with van der Waals surface area (Å²) in [7, 11) is 0. The van der Waals surface area contributed by atoms with Gasteiger partial charge in [0.2, 0.25) is 0 Å². The van der Waals surface area contributed by atoms with Crippen LogP contribution in [0.25, 0.3) is 0 Å². The van der Waals surface area contributed by atoms with Gasteiger partial charge in [0, 0.05) is 22.8 Å². The number of hydrogen-bond donors (Lipinski definition) is 1. The Morgan fingerprint density at radius 3 is 2.55 bits per heavy atom. The van der Waals surface area contributed by atoms with Crippen molar-refractivity contribution in [2.75, 3.05) is 5.32 Å². The Bertz CT molecular complexity index is 1160. The molecule has 1 aliphatic heterocycles. The molecule has 0 saturated heterocycles. The quantitative estimate of drug-likeness (QED) is 0.529. The van der Waals surface area contributed by atoms with Crippen LogP contribution in [0.3, 0.4) is 0 Å². The number of benzene rings is 3. The zero-order chi connectivity index (χ0) is 22.1. The van der Waals surface area contributed by atoms with E-state index in [0.29, 0.717) is 17.1 Å². The Kier molecular flexibility index (Phi) is 5.84. The van der Waals surface area contributed by atoms with Crippen LogP contribution in [0, 0.1) is 6.92 Å². The fraction of sp³-hybridized carbons (Fsp3) is 0.231. The van der Waals surface area contributed by atoms with Crippen molar-refractivity contribution in [1.82, 2.24) is 4.90 Å². The lowest BCUT2D eigenvalue weighted by molar-refractivity contribution is -0.120. The van der Waals surface area contributed by atoms with E-state index in [0.717, 1.165) is 27.9 Å². The van der Waals surface area contributed by atoms with E-state index in [-0.39, 0.29) is 17.7 Å². The average molecular weight is 433 g/mol. The van der Waals surface area contributed by atoms with Gasteiger partial charge in [0.1, 0.15) is 6.04 Å². The van der Waals surface area contributed by atoms with Crippen molar-refractivity contribution >= 4 is 29.1 Å². The van der Waals surface area contributed by atoms with Crippen LogP contribution in [0.1, 0.15) is 58.4 Å². The van der Waals surface area contributed by atoms with Gasteiger partial charge < -0.3 is 10.2 Å². The highest BCUT2D eigenvalue weighted by molar-refractivity contribution is 6.30. The second-order valence-corrected chi connectivity index (χ2v) is 8.67. The molecule has 0 spiro atoms. The highest BCUT2D eigenvalue weighted by atomic mass is 35.5. The van der Waals surface area contributed by atoms with Gasteiger partial charge in [-0.3, -0.25) is 9.59 Å². The van der Waals surface area contributed by atoms with Crippen LogP contribution in [-0.2, 0) is 11.3 Å². The topological polar surface area (TPSA) is 49.4 Å². The van der Waals surface area contributed by atoms with Crippen molar-refractivity contribution in [3.8, 4) is 0 Å². The maximum Gasteiger partial charge on any atom is 0.255 e. The number of hydrogen-bond acceptors (Lipinski definition) is 2. The molecule has 1 atom stereocenters. The number of carbonyl (C=O) groups is 2. The highest BCUT2D eigenvalue weighted by Gasteiger charge is 2.41. The minimum Gasteiger partial charge on any atom is -0.323 e. The Labute approximate surface area is 187 Å². The van der Waals surface area contributed by atoms with Crippen molar-refractivity contribution in [1.29, 1.82) is 0 Å². The fourth-order valence-electron chi connectivity index (χ4n) is 4.18. The predicted molar refractivity (Wildman–Crippen MR) is 124 cm³/mol. The number of carbonyl (C=O) groups excluding carboxylic acids is 2. The molecule has 1 heterocycles. The van der Waals surface area contributed by atoms with Crippen LogP contribution in [0.5, 0.6) is 0 Å². The number of fused-ring (bicyclic) bond motifs is 1. The molecule has 0 aliphatic carbocycles. The molecular formula is C26H25ClN2O2. The van der Waals surface area contributed by atoms with Crippen LogP contribution in [-0.4, -0.2) is 16.7 Å². The molecule has 3 aromatic carbocycles. The van der Waals surface area contributed by atoms with Gasteiger partial charge in [-0.15, -0.1) is 0 Å². The Balaban J connectivity index is 1.71. The maximum atomic E-state index is 13.6. The number of aryl methyl sites for hydroxylation is 1. The van der Waals surface area contributed by atoms with Crippen molar-refractivity contribution in [3.63, 3.8) is 0 Å². The number of nitrogens with one attached hydrogen (secondary N) is 1. The molecule has 158 valence electrons. The summed E-state index contributed by atoms with van der Waals surface area (Å²) < 4.78 is 0. The SMILES string of the molecule is Cc1cccc(C(C)C)c1NC(=O)C1c2ccccc2C(=O)N1Cc1cccc(Cl)c1. The smallest absolute Gasteiger partial charge is 0.255 e. The summed E-state index contributed by atoms with van der Waals surface area (Å²) in [5.41, 5.74) is 5.07. The van der Waals surface area contributed by atoms with E-state index in [2.05, 4.69) is 19.2 Å². The molecule has 0 bridgehead atoms. The van der Waals surface area contributed by atoms with Gasteiger partial charge >= 0.3 is 0 Å².